The lowest BCUT2D eigenvalue weighted by Gasteiger charge is -2.13. The highest BCUT2D eigenvalue weighted by atomic mass is 28.2. The molecule has 0 unspecified atom stereocenters. The maximum Gasteiger partial charge on any atom is 0.330 e. The van der Waals surface area contributed by atoms with Gasteiger partial charge in [0.25, 0.3) is 0 Å². The Morgan fingerprint density at radius 3 is 2.18 bits per heavy atom. The molecule has 64 valence electrons. The van der Waals surface area contributed by atoms with Gasteiger partial charge in [-0.3, -0.25) is 0 Å². The summed E-state index contributed by atoms with van der Waals surface area (Å²) in [7, 11) is -0.383. The predicted octanol–water partition coefficient (Wildman–Crippen LogP) is 1.36. The minimum atomic E-state index is -0.790. The van der Waals surface area contributed by atoms with Crippen molar-refractivity contribution in [2.75, 3.05) is 0 Å². The fraction of sp³-hybridized carbons (Fsp3) is 0.625. The van der Waals surface area contributed by atoms with Crippen molar-refractivity contribution >= 4 is 15.5 Å². The van der Waals surface area contributed by atoms with Gasteiger partial charge < -0.3 is 5.11 Å². The minimum Gasteiger partial charge on any atom is -0.478 e. The van der Waals surface area contributed by atoms with Crippen LogP contribution in [0.25, 0.3) is 0 Å². The Balaban J connectivity index is 4.04. The van der Waals surface area contributed by atoms with Crippen molar-refractivity contribution < 1.29 is 9.90 Å². The molecule has 0 spiro atoms. The van der Waals surface area contributed by atoms with Gasteiger partial charge in [-0.05, 0) is 12.0 Å². The summed E-state index contributed by atoms with van der Waals surface area (Å²) in [5.41, 5.74) is 2.40. The molecule has 0 saturated heterocycles. The van der Waals surface area contributed by atoms with Gasteiger partial charge in [-0.15, -0.1) is 0 Å². The quantitative estimate of drug-likeness (QED) is 0.504. The van der Waals surface area contributed by atoms with Crippen LogP contribution >= 0.6 is 0 Å². The Bertz CT molecular complexity index is 177. The molecule has 11 heavy (non-hydrogen) atoms. The van der Waals surface area contributed by atoms with Crippen LogP contribution in [0.5, 0.6) is 0 Å². The summed E-state index contributed by atoms with van der Waals surface area (Å²) in [5, 5.41) is 8.85. The molecule has 0 aliphatic carbocycles. The third-order valence-corrected chi connectivity index (χ3v) is 3.40. The zero-order valence-corrected chi connectivity index (χ0v) is 9.05. The average molecular weight is 172 g/mol. The van der Waals surface area contributed by atoms with E-state index in [1.54, 1.807) is 6.92 Å². The van der Waals surface area contributed by atoms with Crippen LogP contribution in [-0.4, -0.2) is 20.6 Å². The highest BCUT2D eigenvalue weighted by Gasteiger charge is 2.09. The van der Waals surface area contributed by atoms with Crippen molar-refractivity contribution in [3.8, 4) is 0 Å². The van der Waals surface area contributed by atoms with E-state index in [4.69, 9.17) is 5.11 Å². The molecule has 0 aliphatic heterocycles. The minimum absolute atomic E-state index is 0.316. The van der Waals surface area contributed by atoms with Gasteiger partial charge in [-0.2, -0.15) is 0 Å². The van der Waals surface area contributed by atoms with Crippen LogP contribution in [0, 0.1) is 0 Å². The van der Waals surface area contributed by atoms with E-state index in [0.29, 0.717) is 10.6 Å². The topological polar surface area (TPSA) is 37.3 Å². The molecule has 0 radical (unpaired) electrons. The van der Waals surface area contributed by atoms with Crippen molar-refractivity contribution in [2.24, 2.45) is 0 Å². The molecule has 2 nitrogen and oxygen atoms in total. The van der Waals surface area contributed by atoms with Crippen LogP contribution in [0.1, 0.15) is 27.7 Å². The number of carboxylic acids is 1. The second-order valence-corrected chi connectivity index (χ2v) is 6.89. The first-order chi connectivity index (χ1) is 4.83. The first kappa shape index (κ1) is 10.4. The van der Waals surface area contributed by atoms with Crippen molar-refractivity contribution in [3.63, 3.8) is 0 Å². The lowest BCUT2D eigenvalue weighted by molar-refractivity contribution is -0.132. The first-order valence-electron chi connectivity index (χ1n) is 3.73. The van der Waals surface area contributed by atoms with E-state index >= 15 is 0 Å². The maximum absolute atomic E-state index is 10.4. The average Bonchev–Trinajstić information content (AvgIpc) is 1.80. The standard InChI is InChI=1S/C8H16O2Si/c1-6(7(9)10)5-11-8(2,3)4/h5H,11H2,1-4H3,(H,9,10). The number of aliphatic carboxylic acids is 1. The van der Waals surface area contributed by atoms with Crippen LogP contribution in [-0.2, 0) is 4.79 Å². The number of hydrogen-bond acceptors (Lipinski definition) is 1. The third-order valence-electron chi connectivity index (χ3n) is 1.36. The lowest BCUT2D eigenvalue weighted by atomic mass is 10.2. The van der Waals surface area contributed by atoms with Crippen LogP contribution < -0.4 is 0 Å². The maximum atomic E-state index is 10.4. The molecule has 0 bridgehead atoms. The third kappa shape index (κ3) is 5.85. The highest BCUT2D eigenvalue weighted by molar-refractivity contribution is 6.46. The Morgan fingerprint density at radius 1 is 1.45 bits per heavy atom. The SMILES string of the molecule is CC(=C[SiH2]C(C)(C)C)C(=O)O. The van der Waals surface area contributed by atoms with Gasteiger partial charge in [-0.25, -0.2) is 4.79 Å². The normalized spacial score (nSPS) is 14.4. The molecule has 0 aromatic carbocycles. The molecule has 0 heterocycles. The van der Waals surface area contributed by atoms with Crippen molar-refractivity contribution in [1.82, 2.24) is 0 Å². The molecular formula is C8H16O2Si. The fourth-order valence-electron chi connectivity index (χ4n) is 0.547. The van der Waals surface area contributed by atoms with Crippen molar-refractivity contribution in [3.05, 3.63) is 11.3 Å². The molecule has 0 aromatic rings. The van der Waals surface area contributed by atoms with E-state index in [1.165, 1.54) is 0 Å². The summed E-state index contributed by atoms with van der Waals surface area (Å²) in [6.07, 6.45) is 0. The molecule has 3 heteroatoms. The second-order valence-electron chi connectivity index (χ2n) is 3.96. The number of carboxylic acid groups (broad SMARTS) is 1. The number of rotatable bonds is 2. The van der Waals surface area contributed by atoms with Crippen LogP contribution in [0.2, 0.25) is 5.04 Å². The van der Waals surface area contributed by atoms with E-state index in [9.17, 15) is 4.79 Å². The molecule has 0 amide bonds. The van der Waals surface area contributed by atoms with E-state index in [1.807, 2.05) is 5.70 Å². The predicted molar refractivity (Wildman–Crippen MR) is 49.7 cm³/mol. The van der Waals surface area contributed by atoms with Crippen molar-refractivity contribution in [2.45, 2.75) is 32.7 Å². The summed E-state index contributed by atoms with van der Waals surface area (Å²) in [5.74, 6) is -0.790. The van der Waals surface area contributed by atoms with Crippen LogP contribution in [0.3, 0.4) is 0 Å². The molecule has 0 atom stereocenters. The van der Waals surface area contributed by atoms with E-state index in [-0.39, 0.29) is 9.52 Å². The van der Waals surface area contributed by atoms with E-state index in [2.05, 4.69) is 20.8 Å². The largest absolute Gasteiger partial charge is 0.478 e. The molecule has 0 aliphatic rings. The lowest BCUT2D eigenvalue weighted by Crippen LogP contribution is -2.08. The molecule has 0 fully saturated rings. The van der Waals surface area contributed by atoms with Gasteiger partial charge in [-0.1, -0.05) is 26.5 Å². The van der Waals surface area contributed by atoms with Gasteiger partial charge in [0.1, 0.15) is 0 Å². The molecule has 0 aromatic heterocycles. The molecule has 0 saturated carbocycles. The molecular weight excluding hydrogens is 156 g/mol. The monoisotopic (exact) mass is 172 g/mol. The summed E-state index contributed by atoms with van der Waals surface area (Å²) >= 11 is 0. The summed E-state index contributed by atoms with van der Waals surface area (Å²) in [6.45, 7) is 8.08. The zero-order chi connectivity index (χ0) is 9.07. The Kier molecular flexibility index (Phi) is 3.52. The van der Waals surface area contributed by atoms with Gasteiger partial charge in [0.2, 0.25) is 0 Å². The Morgan fingerprint density at radius 2 is 1.91 bits per heavy atom. The van der Waals surface area contributed by atoms with Gasteiger partial charge in [0.05, 0.1) is 9.52 Å². The Labute approximate surface area is 70.1 Å². The smallest absolute Gasteiger partial charge is 0.330 e. The van der Waals surface area contributed by atoms with Gasteiger partial charge in [0, 0.05) is 5.57 Å². The van der Waals surface area contributed by atoms with Crippen LogP contribution in [0.4, 0.5) is 0 Å². The van der Waals surface area contributed by atoms with Crippen LogP contribution in [0.15, 0.2) is 11.3 Å². The van der Waals surface area contributed by atoms with Crippen molar-refractivity contribution in [1.29, 1.82) is 0 Å². The first-order valence-corrected chi connectivity index (χ1v) is 5.25. The van der Waals surface area contributed by atoms with Gasteiger partial charge >= 0.3 is 5.97 Å². The molecule has 0 rings (SSSR count). The fourth-order valence-corrected chi connectivity index (χ4v) is 1.64. The zero-order valence-electron chi connectivity index (χ0n) is 7.64. The Hall–Kier alpha value is -0.573. The highest BCUT2D eigenvalue weighted by Crippen LogP contribution is 2.20. The van der Waals surface area contributed by atoms with E-state index < -0.39 is 5.97 Å². The molecule has 1 N–H and O–H groups in total. The second kappa shape index (κ2) is 3.71. The number of carbonyl (C=O) groups is 1. The number of hydrogen-bond donors (Lipinski definition) is 1. The summed E-state index contributed by atoms with van der Waals surface area (Å²) < 4.78 is 0. The summed E-state index contributed by atoms with van der Waals surface area (Å²) in [6, 6.07) is 0. The summed E-state index contributed by atoms with van der Waals surface area (Å²) in [4.78, 5) is 10.4. The van der Waals surface area contributed by atoms with E-state index in [0.717, 1.165) is 0 Å². The van der Waals surface area contributed by atoms with Gasteiger partial charge in [0.15, 0.2) is 0 Å².